The number of aromatic nitrogens is 2. The van der Waals surface area contributed by atoms with Crippen molar-refractivity contribution in [3.8, 4) is 0 Å². The molecule has 1 aliphatic rings. The summed E-state index contributed by atoms with van der Waals surface area (Å²) in [6.45, 7) is 1.72. The van der Waals surface area contributed by atoms with Gasteiger partial charge in [0.15, 0.2) is 0 Å². The summed E-state index contributed by atoms with van der Waals surface area (Å²) in [4.78, 5) is 25.1. The fourth-order valence-corrected chi connectivity index (χ4v) is 2.88. The van der Waals surface area contributed by atoms with Crippen molar-refractivity contribution in [2.24, 2.45) is 0 Å². The van der Waals surface area contributed by atoms with Crippen LogP contribution in [-0.2, 0) is 16.0 Å². The van der Waals surface area contributed by atoms with E-state index >= 15 is 0 Å². The molecular formula is C19H24N4O2. The quantitative estimate of drug-likeness (QED) is 0.834. The number of carbonyl (C=O) groups is 1. The minimum absolute atomic E-state index is 0.154. The number of amides is 1. The van der Waals surface area contributed by atoms with Gasteiger partial charge < -0.3 is 14.5 Å². The molecule has 2 aromatic heterocycles. The topological polar surface area (TPSA) is 58.6 Å². The molecule has 2 aromatic rings. The molecule has 0 aliphatic carbocycles. The van der Waals surface area contributed by atoms with E-state index in [1.54, 1.807) is 6.20 Å². The van der Waals surface area contributed by atoms with Gasteiger partial charge in [-0.1, -0.05) is 12.1 Å². The molecule has 6 nitrogen and oxygen atoms in total. The van der Waals surface area contributed by atoms with Crippen LogP contribution >= 0.6 is 0 Å². The van der Waals surface area contributed by atoms with Gasteiger partial charge in [0.25, 0.3) is 0 Å². The molecule has 0 N–H and O–H groups in total. The van der Waals surface area contributed by atoms with Crippen LogP contribution in [0.25, 0.3) is 0 Å². The van der Waals surface area contributed by atoms with Crippen molar-refractivity contribution in [2.45, 2.75) is 18.9 Å². The van der Waals surface area contributed by atoms with Crippen LogP contribution in [0, 0.1) is 0 Å². The van der Waals surface area contributed by atoms with Gasteiger partial charge in [-0.05, 0) is 30.2 Å². The van der Waals surface area contributed by atoms with E-state index in [-0.39, 0.29) is 12.0 Å². The number of ether oxygens (including phenoxy) is 1. The monoisotopic (exact) mass is 340 g/mol. The zero-order valence-electron chi connectivity index (χ0n) is 14.8. The summed E-state index contributed by atoms with van der Waals surface area (Å²) in [5.41, 5.74) is 1.96. The molecule has 6 heteroatoms. The smallest absolute Gasteiger partial charge is 0.223 e. The third-order valence-electron chi connectivity index (χ3n) is 4.31. The van der Waals surface area contributed by atoms with Gasteiger partial charge in [-0.2, -0.15) is 0 Å². The third kappa shape index (κ3) is 4.54. The largest absolute Gasteiger partial charge is 0.368 e. The Morgan fingerprint density at radius 1 is 1.32 bits per heavy atom. The molecule has 1 aliphatic heterocycles. The van der Waals surface area contributed by atoms with Crippen molar-refractivity contribution in [1.29, 1.82) is 0 Å². The van der Waals surface area contributed by atoms with Crippen LogP contribution in [0.15, 0.2) is 42.7 Å². The number of aryl methyl sites for hydroxylation is 1. The lowest BCUT2D eigenvalue weighted by Gasteiger charge is -2.33. The fraction of sp³-hybridized carbons (Fsp3) is 0.421. The van der Waals surface area contributed by atoms with Gasteiger partial charge in [-0.25, -0.2) is 4.98 Å². The van der Waals surface area contributed by atoms with E-state index in [0.29, 0.717) is 32.5 Å². The second kappa shape index (κ2) is 8.07. The van der Waals surface area contributed by atoms with Crippen LogP contribution in [-0.4, -0.2) is 54.6 Å². The zero-order valence-corrected chi connectivity index (χ0v) is 14.8. The molecular weight excluding hydrogens is 316 g/mol. The number of hydrogen-bond acceptors (Lipinski definition) is 5. The van der Waals surface area contributed by atoms with Gasteiger partial charge in [0.05, 0.1) is 18.8 Å². The standard InChI is InChI=1S/C19H24N4O2/c1-22(2)18-7-3-6-16(21-18)17-14-23(11-12-25-17)19(24)9-8-15-5-4-10-20-13-15/h3-7,10,13,17H,8-9,11-12,14H2,1-2H3/t17-/m1/s1. The zero-order chi connectivity index (χ0) is 17.6. The van der Waals surface area contributed by atoms with Gasteiger partial charge in [-0.3, -0.25) is 9.78 Å². The Morgan fingerprint density at radius 3 is 2.96 bits per heavy atom. The Labute approximate surface area is 148 Å². The van der Waals surface area contributed by atoms with Gasteiger partial charge >= 0.3 is 0 Å². The van der Waals surface area contributed by atoms with E-state index in [1.807, 2.05) is 60.4 Å². The highest BCUT2D eigenvalue weighted by atomic mass is 16.5. The number of rotatable bonds is 5. The minimum Gasteiger partial charge on any atom is -0.368 e. The minimum atomic E-state index is -0.170. The first kappa shape index (κ1) is 17.4. The Hall–Kier alpha value is -2.47. The Morgan fingerprint density at radius 2 is 2.20 bits per heavy atom. The first-order valence-electron chi connectivity index (χ1n) is 8.56. The van der Waals surface area contributed by atoms with Crippen molar-refractivity contribution in [3.05, 3.63) is 54.0 Å². The molecule has 1 atom stereocenters. The molecule has 0 unspecified atom stereocenters. The predicted octanol–water partition coefficient (Wildman–Crippen LogP) is 2.08. The lowest BCUT2D eigenvalue weighted by atomic mass is 10.1. The molecule has 1 saturated heterocycles. The Bertz CT molecular complexity index is 706. The van der Waals surface area contributed by atoms with Crippen molar-refractivity contribution in [1.82, 2.24) is 14.9 Å². The summed E-state index contributed by atoms with van der Waals surface area (Å²) in [6.07, 6.45) is 4.59. The maximum atomic E-state index is 12.5. The molecule has 0 spiro atoms. The summed E-state index contributed by atoms with van der Waals surface area (Å²) >= 11 is 0. The predicted molar refractivity (Wildman–Crippen MR) is 96.4 cm³/mol. The molecule has 3 rings (SSSR count). The summed E-state index contributed by atoms with van der Waals surface area (Å²) < 4.78 is 5.86. The molecule has 1 fully saturated rings. The maximum absolute atomic E-state index is 12.5. The number of hydrogen-bond donors (Lipinski definition) is 0. The van der Waals surface area contributed by atoms with Crippen molar-refractivity contribution in [2.75, 3.05) is 38.7 Å². The fourth-order valence-electron chi connectivity index (χ4n) is 2.88. The van der Waals surface area contributed by atoms with E-state index < -0.39 is 0 Å². The summed E-state index contributed by atoms with van der Waals surface area (Å²) in [6, 6.07) is 9.79. The lowest BCUT2D eigenvalue weighted by Crippen LogP contribution is -2.42. The van der Waals surface area contributed by atoms with Crippen LogP contribution in [0.1, 0.15) is 23.8 Å². The number of nitrogens with zero attached hydrogens (tertiary/aromatic N) is 4. The van der Waals surface area contributed by atoms with Crippen molar-refractivity contribution in [3.63, 3.8) is 0 Å². The van der Waals surface area contributed by atoms with Gasteiger partial charge in [-0.15, -0.1) is 0 Å². The molecule has 0 radical (unpaired) electrons. The number of carbonyl (C=O) groups excluding carboxylic acids is 1. The van der Waals surface area contributed by atoms with Gasteiger partial charge in [0.1, 0.15) is 11.9 Å². The van der Waals surface area contributed by atoms with Crippen molar-refractivity contribution < 1.29 is 9.53 Å². The first-order valence-corrected chi connectivity index (χ1v) is 8.56. The normalized spacial score (nSPS) is 17.4. The van der Waals surface area contributed by atoms with Gasteiger partial charge in [0, 0.05) is 39.5 Å². The van der Waals surface area contributed by atoms with Crippen LogP contribution in [0.4, 0.5) is 5.82 Å². The highest BCUT2D eigenvalue weighted by Gasteiger charge is 2.26. The average Bonchev–Trinajstić information content (AvgIpc) is 2.67. The molecule has 1 amide bonds. The van der Waals surface area contributed by atoms with Gasteiger partial charge in [0.2, 0.25) is 5.91 Å². The molecule has 3 heterocycles. The summed E-state index contributed by atoms with van der Waals surface area (Å²) in [5.74, 6) is 1.04. The molecule has 25 heavy (non-hydrogen) atoms. The molecule has 0 bridgehead atoms. The van der Waals surface area contributed by atoms with E-state index in [0.717, 1.165) is 17.1 Å². The van der Waals surface area contributed by atoms with Crippen LogP contribution in [0.3, 0.4) is 0 Å². The van der Waals surface area contributed by atoms with Crippen molar-refractivity contribution >= 4 is 11.7 Å². The highest BCUT2D eigenvalue weighted by molar-refractivity contribution is 5.76. The second-order valence-electron chi connectivity index (χ2n) is 6.38. The van der Waals surface area contributed by atoms with Crippen LogP contribution in [0.5, 0.6) is 0 Å². The van der Waals surface area contributed by atoms with Crippen LogP contribution < -0.4 is 4.90 Å². The van der Waals surface area contributed by atoms with E-state index in [9.17, 15) is 4.79 Å². The Kier molecular flexibility index (Phi) is 5.60. The van der Waals surface area contributed by atoms with Crippen LogP contribution in [0.2, 0.25) is 0 Å². The third-order valence-corrected chi connectivity index (χ3v) is 4.31. The molecule has 132 valence electrons. The average molecular weight is 340 g/mol. The maximum Gasteiger partial charge on any atom is 0.223 e. The summed E-state index contributed by atoms with van der Waals surface area (Å²) in [7, 11) is 3.92. The molecule has 0 aromatic carbocycles. The first-order chi connectivity index (χ1) is 12.1. The molecule has 0 saturated carbocycles. The summed E-state index contributed by atoms with van der Waals surface area (Å²) in [5, 5.41) is 0. The van der Waals surface area contributed by atoms with E-state index in [1.165, 1.54) is 0 Å². The number of anilines is 1. The van der Waals surface area contributed by atoms with E-state index in [4.69, 9.17) is 4.74 Å². The number of morpholine rings is 1. The second-order valence-corrected chi connectivity index (χ2v) is 6.38. The lowest BCUT2D eigenvalue weighted by molar-refractivity contribution is -0.139. The number of pyridine rings is 2. The highest BCUT2D eigenvalue weighted by Crippen LogP contribution is 2.23. The van der Waals surface area contributed by atoms with E-state index in [2.05, 4.69) is 9.97 Å². The Balaban J connectivity index is 1.60. The SMILES string of the molecule is CN(C)c1cccc([C@H]2CN(C(=O)CCc3cccnc3)CCO2)n1.